The van der Waals surface area contributed by atoms with Gasteiger partial charge in [-0.1, -0.05) is 0 Å². The fraction of sp³-hybridized carbons (Fsp3) is 0.381. The lowest BCUT2D eigenvalue weighted by atomic mass is 10.2. The third kappa shape index (κ3) is 4.27. The molecule has 2 N–H and O–H groups in total. The molecule has 1 aliphatic rings. The molecule has 5 nitrogen and oxygen atoms in total. The maximum absolute atomic E-state index is 13.4. The SMILES string of the molecule is CCOc1ccc(N2CCN(CC(N)c3nc4ccc(F)cc4s3)CC2)cc1. The van der Waals surface area contributed by atoms with E-state index in [1.165, 1.54) is 29.2 Å². The molecule has 2 aromatic carbocycles. The Labute approximate surface area is 168 Å². The smallest absolute Gasteiger partial charge is 0.124 e. The molecule has 7 heteroatoms. The molecule has 0 aliphatic carbocycles. The number of fused-ring (bicyclic) bond motifs is 1. The van der Waals surface area contributed by atoms with Crippen LogP contribution in [0.25, 0.3) is 10.2 Å². The van der Waals surface area contributed by atoms with Crippen molar-refractivity contribution < 1.29 is 9.13 Å². The van der Waals surface area contributed by atoms with Gasteiger partial charge in [0.25, 0.3) is 0 Å². The van der Waals surface area contributed by atoms with Crippen LogP contribution in [-0.2, 0) is 0 Å². The molecule has 1 saturated heterocycles. The third-order valence-corrected chi connectivity index (χ3v) is 6.17. The lowest BCUT2D eigenvalue weighted by Gasteiger charge is -2.37. The van der Waals surface area contributed by atoms with Crippen molar-refractivity contribution in [1.82, 2.24) is 9.88 Å². The summed E-state index contributed by atoms with van der Waals surface area (Å²) in [6, 6.07) is 12.8. The average Bonchev–Trinajstić information content (AvgIpc) is 3.13. The molecule has 0 spiro atoms. The summed E-state index contributed by atoms with van der Waals surface area (Å²) in [4.78, 5) is 9.35. The molecule has 0 bridgehead atoms. The normalized spacial score (nSPS) is 16.5. The molecule has 1 fully saturated rings. The summed E-state index contributed by atoms with van der Waals surface area (Å²) < 4.78 is 19.8. The Hall–Kier alpha value is -2.22. The number of anilines is 1. The fourth-order valence-corrected chi connectivity index (χ4v) is 4.52. The van der Waals surface area contributed by atoms with Crippen LogP contribution in [0.5, 0.6) is 5.75 Å². The minimum absolute atomic E-state index is 0.155. The number of piperazine rings is 1. The number of thiazole rings is 1. The van der Waals surface area contributed by atoms with Gasteiger partial charge in [0.15, 0.2) is 0 Å². The number of ether oxygens (including phenoxy) is 1. The highest BCUT2D eigenvalue weighted by molar-refractivity contribution is 7.18. The maximum Gasteiger partial charge on any atom is 0.124 e. The van der Waals surface area contributed by atoms with Crippen LogP contribution in [0, 0.1) is 5.82 Å². The van der Waals surface area contributed by atoms with Crippen LogP contribution >= 0.6 is 11.3 Å². The Morgan fingerprint density at radius 2 is 1.89 bits per heavy atom. The third-order valence-electron chi connectivity index (χ3n) is 5.02. The molecular weight excluding hydrogens is 375 g/mol. The van der Waals surface area contributed by atoms with E-state index >= 15 is 0 Å². The average molecular weight is 401 g/mol. The zero-order chi connectivity index (χ0) is 19.5. The van der Waals surface area contributed by atoms with E-state index in [1.54, 1.807) is 6.07 Å². The standard InChI is InChI=1S/C21H25FN4OS/c1-2-27-17-6-4-16(5-7-17)26-11-9-25(10-12-26)14-18(23)21-24-19-8-3-15(22)13-20(19)28-21/h3-8,13,18H,2,9-12,14,23H2,1H3. The van der Waals surface area contributed by atoms with E-state index in [0.29, 0.717) is 6.61 Å². The Bertz CT molecular complexity index is 922. The van der Waals surface area contributed by atoms with Gasteiger partial charge < -0.3 is 15.4 Å². The van der Waals surface area contributed by atoms with E-state index in [-0.39, 0.29) is 11.9 Å². The summed E-state index contributed by atoms with van der Waals surface area (Å²) in [5, 5.41) is 0.870. The van der Waals surface area contributed by atoms with Crippen LogP contribution in [0.2, 0.25) is 0 Å². The summed E-state index contributed by atoms with van der Waals surface area (Å²) in [7, 11) is 0. The number of rotatable bonds is 6. The van der Waals surface area contributed by atoms with Crippen LogP contribution in [0.4, 0.5) is 10.1 Å². The Morgan fingerprint density at radius 3 is 2.61 bits per heavy atom. The van der Waals surface area contributed by atoms with Crippen molar-refractivity contribution in [2.24, 2.45) is 5.73 Å². The van der Waals surface area contributed by atoms with Crippen molar-refractivity contribution in [3.8, 4) is 5.75 Å². The van der Waals surface area contributed by atoms with Crippen LogP contribution in [0.15, 0.2) is 42.5 Å². The molecular formula is C21H25FN4OS. The molecule has 1 aromatic heterocycles. The highest BCUT2D eigenvalue weighted by atomic mass is 32.1. The molecule has 28 heavy (non-hydrogen) atoms. The van der Waals surface area contributed by atoms with Crippen LogP contribution in [-0.4, -0.2) is 49.2 Å². The molecule has 1 aliphatic heterocycles. The van der Waals surface area contributed by atoms with Gasteiger partial charge in [-0.25, -0.2) is 9.37 Å². The van der Waals surface area contributed by atoms with Crippen molar-refractivity contribution in [3.05, 3.63) is 53.3 Å². The first-order valence-electron chi connectivity index (χ1n) is 9.64. The topological polar surface area (TPSA) is 54.6 Å². The van der Waals surface area contributed by atoms with Gasteiger partial charge in [0.2, 0.25) is 0 Å². The Morgan fingerprint density at radius 1 is 1.14 bits per heavy atom. The summed E-state index contributed by atoms with van der Waals surface area (Å²) in [5.41, 5.74) is 8.44. The number of aromatic nitrogens is 1. The molecule has 1 unspecified atom stereocenters. The first-order valence-corrected chi connectivity index (χ1v) is 10.5. The molecule has 148 valence electrons. The molecule has 1 atom stereocenters. The zero-order valence-corrected chi connectivity index (χ0v) is 16.8. The van der Waals surface area contributed by atoms with Gasteiger partial charge in [-0.15, -0.1) is 11.3 Å². The Kier molecular flexibility index (Phi) is 5.75. The fourth-order valence-electron chi connectivity index (χ4n) is 3.54. The van der Waals surface area contributed by atoms with Crippen molar-refractivity contribution in [3.63, 3.8) is 0 Å². The number of halogens is 1. The number of benzene rings is 2. The molecule has 0 radical (unpaired) electrons. The second kappa shape index (κ2) is 8.43. The van der Waals surface area contributed by atoms with E-state index in [0.717, 1.165) is 53.7 Å². The van der Waals surface area contributed by atoms with Gasteiger partial charge in [-0.2, -0.15) is 0 Å². The second-order valence-corrected chi connectivity index (χ2v) is 8.05. The highest BCUT2D eigenvalue weighted by Gasteiger charge is 2.21. The van der Waals surface area contributed by atoms with Crippen molar-refractivity contribution in [2.75, 3.05) is 44.2 Å². The molecule has 2 heterocycles. The molecule has 0 saturated carbocycles. The first-order chi connectivity index (χ1) is 13.6. The molecule has 4 rings (SSSR count). The van der Waals surface area contributed by atoms with Crippen LogP contribution in [0.1, 0.15) is 18.0 Å². The lowest BCUT2D eigenvalue weighted by molar-refractivity contribution is 0.243. The predicted molar refractivity (Wildman–Crippen MR) is 113 cm³/mol. The first kappa shape index (κ1) is 19.1. The van der Waals surface area contributed by atoms with Gasteiger partial charge >= 0.3 is 0 Å². The largest absolute Gasteiger partial charge is 0.494 e. The highest BCUT2D eigenvalue weighted by Crippen LogP contribution is 2.27. The number of nitrogens with two attached hydrogens (primary N) is 1. The molecule has 3 aromatic rings. The minimum atomic E-state index is -0.235. The lowest BCUT2D eigenvalue weighted by Crippen LogP contribution is -2.48. The van der Waals surface area contributed by atoms with E-state index in [1.807, 2.05) is 19.1 Å². The van der Waals surface area contributed by atoms with Crippen molar-refractivity contribution in [1.29, 1.82) is 0 Å². The number of nitrogens with zero attached hydrogens (tertiary/aromatic N) is 3. The van der Waals surface area contributed by atoms with Crippen LogP contribution < -0.4 is 15.4 Å². The Balaban J connectivity index is 1.33. The van der Waals surface area contributed by atoms with Gasteiger partial charge in [0.05, 0.1) is 22.9 Å². The molecule has 0 amide bonds. The van der Waals surface area contributed by atoms with E-state index in [4.69, 9.17) is 10.5 Å². The van der Waals surface area contributed by atoms with Gasteiger partial charge in [0, 0.05) is 38.4 Å². The van der Waals surface area contributed by atoms with E-state index in [9.17, 15) is 4.39 Å². The predicted octanol–water partition coefficient (Wildman–Crippen LogP) is 3.66. The van der Waals surface area contributed by atoms with E-state index < -0.39 is 0 Å². The summed E-state index contributed by atoms with van der Waals surface area (Å²) >= 11 is 1.49. The van der Waals surface area contributed by atoms with Gasteiger partial charge in [-0.05, 0) is 49.4 Å². The van der Waals surface area contributed by atoms with Crippen molar-refractivity contribution in [2.45, 2.75) is 13.0 Å². The maximum atomic E-state index is 13.4. The number of hydrogen-bond donors (Lipinski definition) is 1. The number of hydrogen-bond acceptors (Lipinski definition) is 6. The summed E-state index contributed by atoms with van der Waals surface area (Å²) in [6.07, 6.45) is 0. The zero-order valence-electron chi connectivity index (χ0n) is 16.0. The van der Waals surface area contributed by atoms with Gasteiger partial charge in [0.1, 0.15) is 16.6 Å². The van der Waals surface area contributed by atoms with Crippen LogP contribution in [0.3, 0.4) is 0 Å². The summed E-state index contributed by atoms with van der Waals surface area (Å²) in [5.74, 6) is 0.674. The van der Waals surface area contributed by atoms with E-state index in [2.05, 4.69) is 26.9 Å². The van der Waals surface area contributed by atoms with Crippen molar-refractivity contribution >= 4 is 27.2 Å². The monoisotopic (exact) mass is 400 g/mol. The minimum Gasteiger partial charge on any atom is -0.494 e. The quantitative estimate of drug-likeness (QED) is 0.684. The second-order valence-electron chi connectivity index (χ2n) is 6.99. The van der Waals surface area contributed by atoms with Gasteiger partial charge in [-0.3, -0.25) is 4.90 Å². The summed E-state index contributed by atoms with van der Waals surface area (Å²) in [6.45, 7) is 7.28.